The Morgan fingerprint density at radius 1 is 1.08 bits per heavy atom. The van der Waals surface area contributed by atoms with Crippen molar-refractivity contribution in [2.24, 2.45) is 17.3 Å². The molecule has 2 N–H and O–H groups in total. The number of carbonyl (C=O) groups is 1. The minimum absolute atomic E-state index is 0.0304. The highest BCUT2D eigenvalue weighted by Gasteiger charge is 2.51. The summed E-state index contributed by atoms with van der Waals surface area (Å²) in [5, 5.41) is 12.4. The van der Waals surface area contributed by atoms with Gasteiger partial charge in [0.15, 0.2) is 0 Å². The lowest BCUT2D eigenvalue weighted by Gasteiger charge is -2.50. The number of aliphatic carboxylic acids is 1. The molecule has 2 fully saturated rings. The maximum atomic E-state index is 14.0. The molecule has 0 spiro atoms. The van der Waals surface area contributed by atoms with Crippen LogP contribution in [0.15, 0.2) is 24.3 Å². The predicted octanol–water partition coefficient (Wildman–Crippen LogP) is 6.34. The molecule has 0 amide bonds. The van der Waals surface area contributed by atoms with E-state index in [-0.39, 0.29) is 49.2 Å². The van der Waals surface area contributed by atoms with E-state index in [1.807, 2.05) is 13.8 Å². The molecule has 2 aliphatic rings. The van der Waals surface area contributed by atoms with E-state index < -0.39 is 53.0 Å². The van der Waals surface area contributed by atoms with Crippen LogP contribution < -0.4 is 10.1 Å². The number of fused-ring (bicyclic) bond motifs is 1. The van der Waals surface area contributed by atoms with Crippen LogP contribution in [0.2, 0.25) is 0 Å². The largest absolute Gasteiger partial charge is 0.490 e. The van der Waals surface area contributed by atoms with Crippen molar-refractivity contribution >= 4 is 16.9 Å². The van der Waals surface area contributed by atoms with Crippen LogP contribution in [0.4, 0.5) is 26.3 Å². The Bertz CT molecular complexity index is 1120. The molecule has 0 aliphatic heterocycles. The number of nitrogens with zero attached hydrogens (tertiary/aromatic N) is 1. The molecule has 198 valence electrons. The summed E-state index contributed by atoms with van der Waals surface area (Å²) in [7, 11) is 0. The smallest absolute Gasteiger partial charge is 0.420 e. The first kappa shape index (κ1) is 26.5. The van der Waals surface area contributed by atoms with E-state index in [1.54, 1.807) is 0 Å². The van der Waals surface area contributed by atoms with E-state index in [4.69, 9.17) is 4.74 Å². The number of carboxylic acids is 1. The van der Waals surface area contributed by atoms with Crippen LogP contribution in [0.25, 0.3) is 10.9 Å². The average Bonchev–Trinajstić information content (AvgIpc) is 2.76. The summed E-state index contributed by atoms with van der Waals surface area (Å²) in [4.78, 5) is 15.6. The summed E-state index contributed by atoms with van der Waals surface area (Å²) in [5.41, 5.74) is -0.831. The fraction of sp³-hybridized carbons (Fsp3) is 0.600. The van der Waals surface area contributed by atoms with Gasteiger partial charge in [0.25, 0.3) is 0 Å². The number of hydrogen-bond donors (Lipinski definition) is 2. The first-order valence-corrected chi connectivity index (χ1v) is 11.9. The highest BCUT2D eigenvalue weighted by molar-refractivity contribution is 5.85. The highest BCUT2D eigenvalue weighted by Crippen LogP contribution is 2.47. The average molecular weight is 518 g/mol. The standard InChI is InChI=1S/C25H28F6N2O3/c1-23(2)17(22(34)35)11-20(23)32-12-14-5-8-16-18(33-14)9-10-19(21(16)25(29,30)31)36-15-6-3-13(4-7-15)24(26,27)28/h5,8-10,13,15,17,20,32H,3-4,6-7,11-12H2,1-2H3,(H,34,35). The summed E-state index contributed by atoms with van der Waals surface area (Å²) in [6.45, 7) is 3.97. The second-order valence-corrected chi connectivity index (χ2v) is 10.3. The molecule has 11 heteroatoms. The molecule has 0 saturated heterocycles. The van der Waals surface area contributed by atoms with Gasteiger partial charge in [0.05, 0.1) is 29.2 Å². The van der Waals surface area contributed by atoms with Crippen LogP contribution in [0, 0.1) is 17.3 Å². The van der Waals surface area contributed by atoms with E-state index >= 15 is 0 Å². The molecule has 36 heavy (non-hydrogen) atoms. The Morgan fingerprint density at radius 2 is 1.75 bits per heavy atom. The highest BCUT2D eigenvalue weighted by atomic mass is 19.4. The van der Waals surface area contributed by atoms with Gasteiger partial charge in [-0.1, -0.05) is 19.9 Å². The first-order chi connectivity index (χ1) is 16.7. The van der Waals surface area contributed by atoms with Gasteiger partial charge in [0.1, 0.15) is 11.3 Å². The number of hydrogen-bond acceptors (Lipinski definition) is 4. The van der Waals surface area contributed by atoms with Crippen LogP contribution in [0.3, 0.4) is 0 Å². The van der Waals surface area contributed by atoms with Gasteiger partial charge in [-0.3, -0.25) is 9.78 Å². The minimum Gasteiger partial charge on any atom is -0.490 e. The Labute approximate surface area is 204 Å². The Balaban J connectivity index is 1.50. The number of pyridine rings is 1. The second-order valence-electron chi connectivity index (χ2n) is 10.3. The van der Waals surface area contributed by atoms with Crippen LogP contribution in [-0.2, 0) is 17.5 Å². The van der Waals surface area contributed by atoms with Gasteiger partial charge in [-0.2, -0.15) is 26.3 Å². The number of benzene rings is 1. The van der Waals surface area contributed by atoms with Gasteiger partial charge >= 0.3 is 18.3 Å². The van der Waals surface area contributed by atoms with Gasteiger partial charge < -0.3 is 15.2 Å². The maximum Gasteiger partial charge on any atom is 0.420 e. The summed E-state index contributed by atoms with van der Waals surface area (Å²) in [6, 6.07) is 5.33. The number of aromatic nitrogens is 1. The van der Waals surface area contributed by atoms with E-state index in [2.05, 4.69) is 10.3 Å². The number of rotatable bonds is 6. The molecule has 1 aromatic heterocycles. The first-order valence-electron chi connectivity index (χ1n) is 11.9. The molecule has 0 bridgehead atoms. The number of alkyl halides is 6. The van der Waals surface area contributed by atoms with Gasteiger partial charge in [-0.25, -0.2) is 0 Å². The topological polar surface area (TPSA) is 71.5 Å². The molecule has 2 aliphatic carbocycles. The second kappa shape index (κ2) is 9.39. The summed E-state index contributed by atoms with van der Waals surface area (Å²) >= 11 is 0. The van der Waals surface area contributed by atoms with Gasteiger partial charge in [-0.05, 0) is 55.7 Å². The zero-order chi connectivity index (χ0) is 26.5. The fourth-order valence-electron chi connectivity index (χ4n) is 5.32. The summed E-state index contributed by atoms with van der Waals surface area (Å²) in [5.74, 6) is -3.18. The van der Waals surface area contributed by atoms with Gasteiger partial charge in [0.2, 0.25) is 0 Å². The maximum absolute atomic E-state index is 14.0. The molecule has 2 aromatic rings. The Morgan fingerprint density at radius 3 is 2.31 bits per heavy atom. The number of ether oxygens (including phenoxy) is 1. The van der Waals surface area contributed by atoms with Crippen LogP contribution in [-0.4, -0.2) is 34.4 Å². The molecule has 1 aromatic carbocycles. The quantitative estimate of drug-likeness (QED) is 0.437. The van der Waals surface area contributed by atoms with Crippen molar-refractivity contribution in [2.45, 2.75) is 77.0 Å². The fourth-order valence-corrected chi connectivity index (χ4v) is 5.32. The monoisotopic (exact) mass is 518 g/mol. The molecular weight excluding hydrogens is 490 g/mol. The van der Waals surface area contributed by atoms with E-state index in [1.165, 1.54) is 24.3 Å². The number of carboxylic acid groups (broad SMARTS) is 1. The Hall–Kier alpha value is -2.56. The number of halogens is 6. The molecule has 2 saturated carbocycles. The summed E-state index contributed by atoms with van der Waals surface area (Å²) in [6.07, 6.45) is -9.61. The van der Waals surface area contributed by atoms with Crippen molar-refractivity contribution in [1.82, 2.24) is 10.3 Å². The molecule has 0 radical (unpaired) electrons. The normalized spacial score (nSPS) is 26.4. The third kappa shape index (κ3) is 5.26. The SMILES string of the molecule is CC1(C)C(NCc2ccc3c(C(F)(F)F)c(OC4CCC(C(F)(F)F)CC4)ccc3n2)CC1C(=O)O. The van der Waals surface area contributed by atoms with Crippen LogP contribution in [0.5, 0.6) is 5.75 Å². The lowest BCUT2D eigenvalue weighted by molar-refractivity contribution is -0.185. The van der Waals surface area contributed by atoms with E-state index in [0.29, 0.717) is 12.1 Å². The van der Waals surface area contributed by atoms with Crippen LogP contribution in [0.1, 0.15) is 57.2 Å². The number of nitrogens with one attached hydrogen (secondary N) is 1. The van der Waals surface area contributed by atoms with Gasteiger partial charge in [0, 0.05) is 18.0 Å². The molecule has 2 atom stereocenters. The van der Waals surface area contributed by atoms with E-state index in [0.717, 1.165) is 0 Å². The van der Waals surface area contributed by atoms with Gasteiger partial charge in [-0.15, -0.1) is 0 Å². The lowest BCUT2D eigenvalue weighted by atomic mass is 9.58. The molecule has 5 nitrogen and oxygen atoms in total. The minimum atomic E-state index is -4.75. The van der Waals surface area contributed by atoms with Crippen molar-refractivity contribution in [3.05, 3.63) is 35.5 Å². The molecule has 4 rings (SSSR count). The van der Waals surface area contributed by atoms with Crippen molar-refractivity contribution in [1.29, 1.82) is 0 Å². The molecule has 2 unspecified atom stereocenters. The summed E-state index contributed by atoms with van der Waals surface area (Å²) < 4.78 is 86.4. The van der Waals surface area contributed by atoms with E-state index in [9.17, 15) is 36.2 Å². The van der Waals surface area contributed by atoms with Crippen molar-refractivity contribution in [2.75, 3.05) is 0 Å². The zero-order valence-electron chi connectivity index (χ0n) is 19.8. The van der Waals surface area contributed by atoms with Crippen molar-refractivity contribution < 1.29 is 41.0 Å². The lowest BCUT2D eigenvalue weighted by Crippen LogP contribution is -2.59. The van der Waals surface area contributed by atoms with Crippen molar-refractivity contribution in [3.63, 3.8) is 0 Å². The predicted molar refractivity (Wildman–Crippen MR) is 119 cm³/mol. The third-order valence-electron chi connectivity index (χ3n) is 7.70. The Kier molecular flexibility index (Phi) is 6.91. The zero-order valence-corrected chi connectivity index (χ0v) is 19.8. The van der Waals surface area contributed by atoms with Crippen molar-refractivity contribution in [3.8, 4) is 5.75 Å². The molecule has 1 heterocycles. The van der Waals surface area contributed by atoms with Crippen LogP contribution >= 0.6 is 0 Å². The molecular formula is C25H28F6N2O3. The third-order valence-corrected chi connectivity index (χ3v) is 7.70.